The van der Waals surface area contributed by atoms with Crippen molar-refractivity contribution in [1.29, 1.82) is 0 Å². The van der Waals surface area contributed by atoms with Gasteiger partial charge in [-0.1, -0.05) is 87.8 Å². The Balaban J connectivity index is 0.000000825. The summed E-state index contributed by atoms with van der Waals surface area (Å²) in [4.78, 5) is 147. The number of nitrogens with two attached hydrogens (primary N) is 5. The first kappa shape index (κ1) is 76.3. The van der Waals surface area contributed by atoms with Crippen LogP contribution in [0.3, 0.4) is 0 Å². The molecule has 1 fully saturated rings. The summed E-state index contributed by atoms with van der Waals surface area (Å²) in [7, 11) is 0. The molecule has 2 aromatic rings. The van der Waals surface area contributed by atoms with Crippen molar-refractivity contribution in [3.05, 3.63) is 70.7 Å². The first-order chi connectivity index (χ1) is 41.2. The van der Waals surface area contributed by atoms with Crippen molar-refractivity contribution in [2.24, 2.45) is 52.3 Å². The number of Topliss-reactive ketones (excluding diaryl/α,β-unsaturated/α-hetero) is 3. The third-order valence-corrected chi connectivity index (χ3v) is 14.9. The van der Waals surface area contributed by atoms with Crippen LogP contribution in [-0.4, -0.2) is 169 Å². The second kappa shape index (κ2) is 40.6. The average Bonchev–Trinajstić information content (AvgIpc) is 3.70. The van der Waals surface area contributed by atoms with Gasteiger partial charge >= 0.3 is 0 Å². The molecule has 8 amide bonds. The molecule has 1 aliphatic heterocycles. The van der Waals surface area contributed by atoms with Gasteiger partial charge in [-0.2, -0.15) is 0 Å². The zero-order chi connectivity index (χ0) is 65.3. The van der Waals surface area contributed by atoms with Gasteiger partial charge in [-0.3, -0.25) is 52.7 Å². The Morgan fingerprint density at radius 2 is 1.15 bits per heavy atom. The maximum atomic E-state index is 14.1. The summed E-state index contributed by atoms with van der Waals surface area (Å²) in [5, 5.41) is 42.1. The fourth-order valence-corrected chi connectivity index (χ4v) is 9.64. The molecule has 1 aliphatic rings. The van der Waals surface area contributed by atoms with E-state index in [2.05, 4.69) is 42.5 Å². The molecule has 1 heterocycles. The lowest BCUT2D eigenvalue weighted by molar-refractivity contribution is -0.136. The quantitative estimate of drug-likeness (QED) is 0.0501. The molecule has 12 atom stereocenters. The summed E-state index contributed by atoms with van der Waals surface area (Å²) in [6.45, 7) is 9.79. The zero-order valence-corrected chi connectivity index (χ0v) is 51.8. The van der Waals surface area contributed by atoms with Gasteiger partial charge in [0.15, 0.2) is 11.6 Å². The molecule has 0 radical (unpaired) electrons. The van der Waals surface area contributed by atoms with E-state index in [4.69, 9.17) is 40.3 Å². The van der Waals surface area contributed by atoms with Crippen molar-refractivity contribution in [3.8, 4) is 0 Å². The van der Waals surface area contributed by atoms with Gasteiger partial charge in [-0.15, -0.1) is 0 Å². The Kier molecular flexibility index (Phi) is 35.6. The molecule has 0 saturated carbocycles. The average molecular weight is 1240 g/mol. The highest BCUT2D eigenvalue weighted by Gasteiger charge is 2.36. The van der Waals surface area contributed by atoms with E-state index in [0.717, 1.165) is 0 Å². The van der Waals surface area contributed by atoms with Gasteiger partial charge in [0.1, 0.15) is 42.0 Å². The highest BCUT2D eigenvalue weighted by molar-refractivity contribution is 6.31. The number of benzene rings is 2. The summed E-state index contributed by atoms with van der Waals surface area (Å²) >= 11 is 6.07. The second-order valence-corrected chi connectivity index (χ2v) is 22.7. The van der Waals surface area contributed by atoms with E-state index in [-0.39, 0.29) is 115 Å². The third-order valence-electron chi connectivity index (χ3n) is 14.5. The minimum absolute atomic E-state index is 0.00109. The molecule has 0 bridgehead atoms. The highest BCUT2D eigenvalue weighted by atomic mass is 35.5. The number of carbonyl (C=O) groups excluding carboxylic acids is 11. The van der Waals surface area contributed by atoms with E-state index >= 15 is 0 Å². The number of amides is 8. The second-order valence-electron chi connectivity index (χ2n) is 22.3. The van der Waals surface area contributed by atoms with Crippen LogP contribution in [0.2, 0.25) is 5.02 Å². The van der Waals surface area contributed by atoms with E-state index in [1.54, 1.807) is 68.4 Å². The topological polar surface area (TPSA) is 455 Å². The van der Waals surface area contributed by atoms with E-state index < -0.39 is 132 Å². The van der Waals surface area contributed by atoms with Crippen LogP contribution >= 0.6 is 11.6 Å². The van der Waals surface area contributed by atoms with Crippen LogP contribution in [0.5, 0.6) is 0 Å². The van der Waals surface area contributed by atoms with E-state index in [0.29, 0.717) is 29.0 Å². The molecule has 3 rings (SSSR count). The predicted octanol–water partition coefficient (Wildman–Crippen LogP) is -1.66. The molecule has 12 unspecified atom stereocenters. The third kappa shape index (κ3) is 27.4. The molecule has 0 aliphatic carbocycles. The molecule has 486 valence electrons. The molecule has 0 aromatic heterocycles. The summed E-state index contributed by atoms with van der Waals surface area (Å²) < 4.78 is 0. The molecule has 26 nitrogen and oxygen atoms in total. The minimum Gasteiger partial charge on any atom is -0.393 e. The number of aliphatic hydroxyl groups excluding tert-OH is 2. The lowest BCUT2D eigenvalue weighted by Crippen LogP contribution is -2.60. The van der Waals surface area contributed by atoms with Crippen molar-refractivity contribution in [3.63, 3.8) is 0 Å². The summed E-state index contributed by atoms with van der Waals surface area (Å²) in [6, 6.07) is 7.34. The van der Waals surface area contributed by atoms with Gasteiger partial charge in [0.25, 0.3) is 0 Å². The van der Waals surface area contributed by atoms with Gasteiger partial charge in [0.05, 0.1) is 24.2 Å². The Hall–Kier alpha value is -6.78. The minimum atomic E-state index is -1.33. The van der Waals surface area contributed by atoms with Crippen LogP contribution in [-0.2, 0) is 65.6 Å². The van der Waals surface area contributed by atoms with Crippen LogP contribution in [0.1, 0.15) is 117 Å². The normalized spacial score (nSPS) is 22.2. The summed E-state index contributed by atoms with van der Waals surface area (Å²) in [5.74, 6) is -9.18. The first-order valence-electron chi connectivity index (χ1n) is 29.9. The van der Waals surface area contributed by atoms with Gasteiger partial charge in [0.2, 0.25) is 47.3 Å². The lowest BCUT2D eigenvalue weighted by Gasteiger charge is -2.28. The smallest absolute Gasteiger partial charge is 0.243 e. The Bertz CT molecular complexity index is 2560. The van der Waals surface area contributed by atoms with E-state index in [1.165, 1.54) is 13.8 Å². The van der Waals surface area contributed by atoms with Crippen molar-refractivity contribution in [2.45, 2.75) is 173 Å². The molecular weight excluding hydrogens is 1150 g/mol. The van der Waals surface area contributed by atoms with Crippen molar-refractivity contribution < 1.29 is 63.0 Å². The highest BCUT2D eigenvalue weighted by Crippen LogP contribution is 2.20. The zero-order valence-electron chi connectivity index (χ0n) is 51.1. The largest absolute Gasteiger partial charge is 0.393 e. The molecule has 27 heteroatoms. The monoisotopic (exact) mass is 1240 g/mol. The Labute approximate surface area is 515 Å². The molecule has 2 aromatic carbocycles. The number of hydrogen-bond donors (Lipinski definition) is 15. The molecule has 87 heavy (non-hydrogen) atoms. The van der Waals surface area contributed by atoms with Crippen LogP contribution in [0, 0.1) is 23.7 Å². The SMILES string of the molecule is CC(C)CC1NC(=O)C(Cc2ccccc2)NC(=O)C(CCN)NC(=O)C(NC(=O)C(C)CCN)CCNC(=O)C(C(C)O)CC(=O)C(CCN)NC(=O)C(CCN)NC1=O.CCC(=O)C(NC(=O)C(CCN)CC(=O)Cc1ccccc1Cl)C(C)O. The fourth-order valence-electron chi connectivity index (χ4n) is 9.44. The molecule has 0 spiro atoms. The Morgan fingerprint density at radius 3 is 1.69 bits per heavy atom. The predicted molar refractivity (Wildman–Crippen MR) is 328 cm³/mol. The Morgan fingerprint density at radius 1 is 0.632 bits per heavy atom. The number of nitrogens with one attached hydrogen (secondary N) is 8. The van der Waals surface area contributed by atoms with Gasteiger partial charge in [0, 0.05) is 55.5 Å². The number of rotatable bonds is 26. The molecule has 20 N–H and O–H groups in total. The van der Waals surface area contributed by atoms with Crippen molar-refractivity contribution in [1.82, 2.24) is 42.5 Å². The van der Waals surface area contributed by atoms with Gasteiger partial charge < -0.3 is 81.4 Å². The molecule has 1 saturated heterocycles. The van der Waals surface area contributed by atoms with Crippen LogP contribution in [0.25, 0.3) is 0 Å². The summed E-state index contributed by atoms with van der Waals surface area (Å²) in [6.07, 6.45) is -2.13. The van der Waals surface area contributed by atoms with Crippen molar-refractivity contribution >= 4 is 76.2 Å². The van der Waals surface area contributed by atoms with E-state index in [1.807, 2.05) is 13.8 Å². The first-order valence-corrected chi connectivity index (χ1v) is 30.2. The van der Waals surface area contributed by atoms with Crippen LogP contribution in [0.4, 0.5) is 0 Å². The summed E-state index contributed by atoms with van der Waals surface area (Å²) in [5.41, 5.74) is 30.1. The lowest BCUT2D eigenvalue weighted by atomic mass is 9.92. The number of ketones is 3. The maximum absolute atomic E-state index is 14.1. The maximum Gasteiger partial charge on any atom is 0.243 e. The van der Waals surface area contributed by atoms with Crippen LogP contribution in [0.15, 0.2) is 54.6 Å². The van der Waals surface area contributed by atoms with Crippen molar-refractivity contribution in [2.75, 3.05) is 39.3 Å². The number of hydrogen-bond acceptors (Lipinski definition) is 18. The number of carbonyl (C=O) groups is 11. The van der Waals surface area contributed by atoms with Crippen LogP contribution < -0.4 is 71.2 Å². The van der Waals surface area contributed by atoms with Gasteiger partial charge in [-0.05, 0) is 115 Å². The standard InChI is InChI=1S/C41H69N11O9.C19H27ClN2O4/c1-23(2)20-32-40(60)50-29(12-17-44)37(57)47-28(11-16-43)34(54)22-27(25(4)53)36(56)46-19-14-31(48-35(55)24(3)10-15-42)39(59)49-30(13-18-45)38(58)52-33(41(61)51-32)21-26-8-6-5-7-9-26;1-3-17(25)18(12(2)23)22-19(26)14(8-9-21)11-15(24)10-13-6-4-5-7-16(13)20/h5-9,23-25,27-33,53H,10-22,42-45H2,1-4H3,(H,46,56)(H,47,57)(H,48,55)(H,49,59)(H,50,60)(H,51,61)(H,52,58);4-7,12,14,18,23H,3,8-11,21H2,1-2H3,(H,22,26). The van der Waals surface area contributed by atoms with E-state index in [9.17, 15) is 63.0 Å². The van der Waals surface area contributed by atoms with Gasteiger partial charge in [-0.25, -0.2) is 0 Å². The number of aliphatic hydroxyl groups is 2. The molecular formula is C60H96ClN13O13. The number of halogens is 1. The fraction of sp³-hybridized carbons (Fsp3) is 0.617.